The van der Waals surface area contributed by atoms with E-state index in [2.05, 4.69) is 25.8 Å². The summed E-state index contributed by atoms with van der Waals surface area (Å²) in [5, 5.41) is 9.08. The Morgan fingerprint density at radius 1 is 1.36 bits per heavy atom. The fourth-order valence-electron chi connectivity index (χ4n) is 2.88. The van der Waals surface area contributed by atoms with E-state index in [1.165, 1.54) is 12.8 Å². The van der Waals surface area contributed by atoms with Crippen LogP contribution in [0.25, 0.3) is 0 Å². The molecule has 3 N–H and O–H groups in total. The number of hydrogen-bond acceptors (Lipinski definition) is 5. The molecule has 140 valence electrons. The van der Waals surface area contributed by atoms with Gasteiger partial charge in [-0.1, -0.05) is 0 Å². The molecular weight excluding hydrogens is 322 g/mol. The van der Waals surface area contributed by atoms with Crippen molar-refractivity contribution < 1.29 is 13.9 Å². The average molecular weight is 351 g/mol. The van der Waals surface area contributed by atoms with Crippen molar-refractivity contribution in [2.75, 3.05) is 53.5 Å². The third-order valence-electron chi connectivity index (χ3n) is 4.18. The maximum atomic E-state index is 11.7. The number of hydrogen-bond donors (Lipinski definition) is 3. The van der Waals surface area contributed by atoms with Crippen LogP contribution in [-0.4, -0.2) is 70.3 Å². The van der Waals surface area contributed by atoms with Crippen molar-refractivity contribution in [1.82, 2.24) is 20.9 Å². The lowest BCUT2D eigenvalue weighted by Crippen LogP contribution is -2.46. The van der Waals surface area contributed by atoms with E-state index in [9.17, 15) is 4.79 Å². The lowest BCUT2D eigenvalue weighted by Gasteiger charge is -2.26. The number of methoxy groups -OCH3 is 1. The normalized spacial score (nSPS) is 16.6. The molecule has 1 atom stereocenters. The van der Waals surface area contributed by atoms with E-state index >= 15 is 0 Å². The summed E-state index contributed by atoms with van der Waals surface area (Å²) < 4.78 is 10.5. The van der Waals surface area contributed by atoms with E-state index in [1.807, 2.05) is 12.1 Å². The topological polar surface area (TPSA) is 91.1 Å². The fourth-order valence-corrected chi connectivity index (χ4v) is 2.88. The molecular formula is C17H29N5O3. The summed E-state index contributed by atoms with van der Waals surface area (Å²) in [7, 11) is 3.29. The van der Waals surface area contributed by atoms with Gasteiger partial charge in [-0.15, -0.1) is 0 Å². The predicted octanol–water partition coefficient (Wildman–Crippen LogP) is 0.344. The van der Waals surface area contributed by atoms with E-state index in [0.717, 1.165) is 18.8 Å². The van der Waals surface area contributed by atoms with Crippen LogP contribution < -0.4 is 16.0 Å². The first-order valence-electron chi connectivity index (χ1n) is 8.72. The number of furan rings is 1. The van der Waals surface area contributed by atoms with Crippen LogP contribution in [-0.2, 0) is 9.53 Å². The first-order valence-corrected chi connectivity index (χ1v) is 8.72. The minimum Gasteiger partial charge on any atom is -0.468 e. The van der Waals surface area contributed by atoms with Crippen LogP contribution in [0.5, 0.6) is 0 Å². The van der Waals surface area contributed by atoms with Gasteiger partial charge in [-0.2, -0.15) is 0 Å². The summed E-state index contributed by atoms with van der Waals surface area (Å²) in [5.41, 5.74) is 0. The predicted molar refractivity (Wildman–Crippen MR) is 96.5 cm³/mol. The third kappa shape index (κ3) is 6.39. The number of nitrogens with zero attached hydrogens (tertiary/aromatic N) is 2. The minimum absolute atomic E-state index is 0.0953. The Hall–Kier alpha value is -2.06. The number of rotatable bonds is 9. The van der Waals surface area contributed by atoms with E-state index < -0.39 is 0 Å². The number of carbonyl (C=O) groups excluding carboxylic acids is 1. The molecule has 2 rings (SSSR count). The molecule has 0 saturated carbocycles. The van der Waals surface area contributed by atoms with Crippen molar-refractivity contribution in [2.45, 2.75) is 18.9 Å². The summed E-state index contributed by atoms with van der Waals surface area (Å²) in [4.78, 5) is 18.3. The van der Waals surface area contributed by atoms with Crippen LogP contribution in [0, 0.1) is 0 Å². The highest BCUT2D eigenvalue weighted by Crippen LogP contribution is 2.24. The van der Waals surface area contributed by atoms with Gasteiger partial charge in [0.25, 0.3) is 0 Å². The number of carbonyl (C=O) groups is 1. The lowest BCUT2D eigenvalue weighted by molar-refractivity contribution is -0.120. The highest BCUT2D eigenvalue weighted by molar-refractivity contribution is 5.86. The van der Waals surface area contributed by atoms with Gasteiger partial charge in [0.05, 0.1) is 25.5 Å². The van der Waals surface area contributed by atoms with Gasteiger partial charge in [-0.3, -0.25) is 14.7 Å². The van der Waals surface area contributed by atoms with Crippen molar-refractivity contribution in [3.8, 4) is 0 Å². The van der Waals surface area contributed by atoms with Crippen molar-refractivity contribution >= 4 is 11.9 Å². The molecule has 1 aromatic rings. The largest absolute Gasteiger partial charge is 0.468 e. The second-order valence-electron chi connectivity index (χ2n) is 5.92. The van der Waals surface area contributed by atoms with E-state index in [0.29, 0.717) is 25.7 Å². The van der Waals surface area contributed by atoms with Crippen LogP contribution in [0.1, 0.15) is 24.6 Å². The number of guanidine groups is 1. The number of nitrogens with one attached hydrogen (secondary N) is 3. The van der Waals surface area contributed by atoms with Crippen LogP contribution in [0.3, 0.4) is 0 Å². The monoisotopic (exact) mass is 351 g/mol. The van der Waals surface area contributed by atoms with Crippen LogP contribution >= 0.6 is 0 Å². The highest BCUT2D eigenvalue weighted by Gasteiger charge is 2.25. The molecule has 8 nitrogen and oxygen atoms in total. The number of ether oxygens (including phenoxy) is 1. The Bertz CT molecular complexity index is 526. The molecule has 1 amide bonds. The number of amides is 1. The Labute approximate surface area is 149 Å². The van der Waals surface area contributed by atoms with Gasteiger partial charge in [0.15, 0.2) is 5.96 Å². The second-order valence-corrected chi connectivity index (χ2v) is 5.92. The minimum atomic E-state index is -0.0953. The highest BCUT2D eigenvalue weighted by atomic mass is 16.5. The van der Waals surface area contributed by atoms with Gasteiger partial charge in [0.1, 0.15) is 5.76 Å². The summed E-state index contributed by atoms with van der Waals surface area (Å²) in [6, 6.07) is 4.08. The standard InChI is InChI=1S/C17H29N5O3/c1-18-17(21-13-16(23)19-7-11-24-2)20-12-14(15-6-5-10-25-15)22-8-3-4-9-22/h5-6,10,14H,3-4,7-9,11-13H2,1-2H3,(H,19,23)(H2,18,20,21). The molecule has 0 spiro atoms. The molecule has 0 radical (unpaired) electrons. The van der Waals surface area contributed by atoms with Gasteiger partial charge in [-0.25, -0.2) is 0 Å². The molecule has 1 aliphatic heterocycles. The second kappa shape index (κ2) is 10.7. The van der Waals surface area contributed by atoms with Crippen LogP contribution in [0.4, 0.5) is 0 Å². The maximum absolute atomic E-state index is 11.7. The molecule has 0 bridgehead atoms. The first kappa shape index (κ1) is 19.3. The maximum Gasteiger partial charge on any atom is 0.239 e. The number of likely N-dealkylation sites (tertiary alicyclic amines) is 1. The molecule has 1 saturated heterocycles. The van der Waals surface area contributed by atoms with Crippen molar-refractivity contribution in [1.29, 1.82) is 0 Å². The first-order chi connectivity index (χ1) is 12.2. The molecule has 25 heavy (non-hydrogen) atoms. The van der Waals surface area contributed by atoms with E-state index in [-0.39, 0.29) is 18.5 Å². The Kier molecular flexibility index (Phi) is 8.27. The molecule has 0 aromatic carbocycles. The molecule has 1 fully saturated rings. The zero-order valence-corrected chi connectivity index (χ0v) is 15.1. The fraction of sp³-hybridized carbons (Fsp3) is 0.647. The van der Waals surface area contributed by atoms with Crippen molar-refractivity contribution in [3.05, 3.63) is 24.2 Å². The summed E-state index contributed by atoms with van der Waals surface area (Å²) >= 11 is 0. The quantitative estimate of drug-likeness (QED) is 0.338. The molecule has 1 aliphatic rings. The zero-order valence-electron chi connectivity index (χ0n) is 15.1. The Morgan fingerprint density at radius 2 is 2.16 bits per heavy atom. The van der Waals surface area contributed by atoms with Gasteiger partial charge in [0, 0.05) is 27.2 Å². The molecule has 1 unspecified atom stereocenters. The molecule has 8 heteroatoms. The third-order valence-corrected chi connectivity index (χ3v) is 4.18. The van der Waals surface area contributed by atoms with Crippen molar-refractivity contribution in [2.24, 2.45) is 4.99 Å². The van der Waals surface area contributed by atoms with Crippen LogP contribution in [0.2, 0.25) is 0 Å². The average Bonchev–Trinajstić information content (AvgIpc) is 3.32. The van der Waals surface area contributed by atoms with Crippen molar-refractivity contribution in [3.63, 3.8) is 0 Å². The SMILES string of the molecule is CN=C(NCC(=O)NCCOC)NCC(c1ccco1)N1CCCC1. The number of aliphatic imine (C=N–C) groups is 1. The Balaban J connectivity index is 1.80. The van der Waals surface area contributed by atoms with Gasteiger partial charge in [0.2, 0.25) is 5.91 Å². The molecule has 0 aliphatic carbocycles. The zero-order chi connectivity index (χ0) is 17.9. The van der Waals surface area contributed by atoms with Gasteiger partial charge in [-0.05, 0) is 38.1 Å². The van der Waals surface area contributed by atoms with Gasteiger partial charge >= 0.3 is 0 Å². The molecule has 1 aromatic heterocycles. The lowest BCUT2D eigenvalue weighted by atomic mass is 10.2. The summed E-state index contributed by atoms with van der Waals surface area (Å²) in [6.07, 6.45) is 4.13. The smallest absolute Gasteiger partial charge is 0.239 e. The summed E-state index contributed by atoms with van der Waals surface area (Å²) in [5.74, 6) is 1.45. The Morgan fingerprint density at radius 3 is 2.80 bits per heavy atom. The van der Waals surface area contributed by atoms with E-state index in [4.69, 9.17) is 9.15 Å². The van der Waals surface area contributed by atoms with E-state index in [1.54, 1.807) is 20.4 Å². The van der Waals surface area contributed by atoms with Gasteiger partial charge < -0.3 is 25.1 Å². The summed E-state index contributed by atoms with van der Waals surface area (Å²) in [6.45, 7) is 3.97. The molecule has 2 heterocycles. The van der Waals surface area contributed by atoms with Crippen LogP contribution in [0.15, 0.2) is 27.8 Å².